The number of carbonyl (C=O) groups excluding carboxylic acids is 1. The SMILES string of the molecule is Cc1nc(Nc2ccc(NC(=O)Nc3ccc(C)c(F)c3)cc2)cc(NC2CCCCC2)n1. The second-order valence-corrected chi connectivity index (χ2v) is 8.41. The number of hydrogen-bond acceptors (Lipinski definition) is 5. The van der Waals surface area contributed by atoms with Crippen molar-refractivity contribution in [3.05, 3.63) is 65.7 Å². The number of anilines is 5. The molecular formula is C25H29FN6O. The first kappa shape index (κ1) is 22.5. The molecule has 0 unspecified atom stereocenters. The van der Waals surface area contributed by atoms with E-state index in [4.69, 9.17) is 0 Å². The van der Waals surface area contributed by atoms with Crippen molar-refractivity contribution < 1.29 is 9.18 Å². The van der Waals surface area contributed by atoms with Crippen molar-refractivity contribution in [2.75, 3.05) is 21.3 Å². The van der Waals surface area contributed by atoms with Gasteiger partial charge in [0, 0.05) is 29.2 Å². The predicted octanol–water partition coefficient (Wildman–Crippen LogP) is 6.36. The van der Waals surface area contributed by atoms with Crippen molar-refractivity contribution in [3.63, 3.8) is 0 Å². The molecular weight excluding hydrogens is 419 g/mol. The molecule has 1 aliphatic rings. The number of nitrogens with one attached hydrogen (secondary N) is 4. The van der Waals surface area contributed by atoms with Gasteiger partial charge in [-0.05, 0) is 68.7 Å². The summed E-state index contributed by atoms with van der Waals surface area (Å²) >= 11 is 0. The van der Waals surface area contributed by atoms with Crippen LogP contribution in [0.1, 0.15) is 43.5 Å². The molecule has 2 amide bonds. The van der Waals surface area contributed by atoms with Crippen molar-refractivity contribution in [1.29, 1.82) is 0 Å². The molecule has 0 saturated heterocycles. The van der Waals surface area contributed by atoms with Crippen molar-refractivity contribution in [3.8, 4) is 0 Å². The monoisotopic (exact) mass is 448 g/mol. The summed E-state index contributed by atoms with van der Waals surface area (Å²) in [4.78, 5) is 21.2. The number of carbonyl (C=O) groups is 1. The Morgan fingerprint density at radius 2 is 1.48 bits per heavy atom. The number of nitrogens with zero attached hydrogens (tertiary/aromatic N) is 2. The molecule has 4 N–H and O–H groups in total. The molecule has 33 heavy (non-hydrogen) atoms. The minimum atomic E-state index is -0.441. The number of amides is 2. The van der Waals surface area contributed by atoms with E-state index in [-0.39, 0.29) is 5.82 Å². The highest BCUT2D eigenvalue weighted by Gasteiger charge is 2.14. The normalized spacial score (nSPS) is 13.9. The Balaban J connectivity index is 1.35. The van der Waals surface area contributed by atoms with Gasteiger partial charge in [0.15, 0.2) is 0 Å². The Morgan fingerprint density at radius 1 is 0.848 bits per heavy atom. The highest BCUT2D eigenvalue weighted by Crippen LogP contribution is 2.24. The Hall–Kier alpha value is -3.68. The van der Waals surface area contributed by atoms with Gasteiger partial charge in [-0.1, -0.05) is 25.3 Å². The summed E-state index contributed by atoms with van der Waals surface area (Å²) in [6.45, 7) is 3.55. The zero-order chi connectivity index (χ0) is 23.2. The molecule has 0 radical (unpaired) electrons. The maximum Gasteiger partial charge on any atom is 0.323 e. The molecule has 0 atom stereocenters. The van der Waals surface area contributed by atoms with E-state index in [2.05, 4.69) is 31.2 Å². The Morgan fingerprint density at radius 3 is 2.21 bits per heavy atom. The van der Waals surface area contributed by atoms with Crippen LogP contribution in [0.15, 0.2) is 48.5 Å². The Kier molecular flexibility index (Phi) is 7.02. The lowest BCUT2D eigenvalue weighted by atomic mass is 9.95. The molecule has 172 valence electrons. The van der Waals surface area contributed by atoms with E-state index in [1.54, 1.807) is 31.2 Å². The summed E-state index contributed by atoms with van der Waals surface area (Å²) in [6, 6.07) is 13.8. The van der Waals surface area contributed by atoms with Gasteiger partial charge in [-0.15, -0.1) is 0 Å². The van der Waals surface area contributed by atoms with Crippen LogP contribution in [0.4, 0.5) is 37.9 Å². The van der Waals surface area contributed by atoms with Crippen molar-refractivity contribution >= 4 is 34.7 Å². The molecule has 1 saturated carbocycles. The highest BCUT2D eigenvalue weighted by molar-refractivity contribution is 5.99. The number of aryl methyl sites for hydroxylation is 2. The van der Waals surface area contributed by atoms with Crippen molar-refractivity contribution in [2.24, 2.45) is 0 Å². The minimum absolute atomic E-state index is 0.361. The fraction of sp³-hybridized carbons (Fsp3) is 0.320. The van der Waals surface area contributed by atoms with Crippen LogP contribution < -0.4 is 21.3 Å². The quantitative estimate of drug-likeness (QED) is 0.352. The second kappa shape index (κ2) is 10.3. The summed E-state index contributed by atoms with van der Waals surface area (Å²) in [5, 5.41) is 12.2. The van der Waals surface area contributed by atoms with Gasteiger partial charge >= 0.3 is 6.03 Å². The lowest BCUT2D eigenvalue weighted by Crippen LogP contribution is -2.23. The summed E-state index contributed by atoms with van der Waals surface area (Å²) in [5.74, 6) is 1.88. The minimum Gasteiger partial charge on any atom is -0.367 e. The average molecular weight is 449 g/mol. The number of halogens is 1. The fourth-order valence-electron chi connectivity index (χ4n) is 3.91. The van der Waals surface area contributed by atoms with Crippen molar-refractivity contribution in [2.45, 2.75) is 52.0 Å². The molecule has 0 bridgehead atoms. The molecule has 2 aromatic carbocycles. The zero-order valence-electron chi connectivity index (χ0n) is 18.9. The summed E-state index contributed by atoms with van der Waals surface area (Å²) < 4.78 is 13.7. The maximum atomic E-state index is 13.7. The molecule has 1 fully saturated rings. The third kappa shape index (κ3) is 6.41. The largest absolute Gasteiger partial charge is 0.367 e. The van der Waals surface area contributed by atoms with E-state index in [0.717, 1.165) is 11.5 Å². The Labute approximate surface area is 193 Å². The van der Waals surface area contributed by atoms with Gasteiger partial charge in [0.1, 0.15) is 23.3 Å². The van der Waals surface area contributed by atoms with Gasteiger partial charge in [-0.25, -0.2) is 19.2 Å². The first-order valence-corrected chi connectivity index (χ1v) is 11.3. The van der Waals surface area contributed by atoms with Gasteiger partial charge in [-0.3, -0.25) is 0 Å². The van der Waals surface area contributed by atoms with Gasteiger partial charge in [0.2, 0.25) is 0 Å². The van der Waals surface area contributed by atoms with E-state index >= 15 is 0 Å². The molecule has 1 aliphatic carbocycles. The number of rotatable bonds is 6. The standard InChI is InChI=1S/C25H29FN6O/c1-16-8-9-21(14-22(16)26)32-25(33)31-20-12-10-19(11-13-20)30-24-15-23(27-17(2)28-24)29-18-6-4-3-5-7-18/h8-15,18H,3-7H2,1-2H3,(H2,31,32,33)(H2,27,28,29,30). The van der Waals surface area contributed by atoms with E-state index < -0.39 is 6.03 Å². The van der Waals surface area contributed by atoms with Crippen LogP contribution in [0.3, 0.4) is 0 Å². The first-order valence-electron chi connectivity index (χ1n) is 11.3. The van der Waals surface area contributed by atoms with Crippen LogP contribution in [0, 0.1) is 19.7 Å². The lowest BCUT2D eigenvalue weighted by molar-refractivity contribution is 0.262. The van der Waals surface area contributed by atoms with Crippen LogP contribution in [-0.4, -0.2) is 22.0 Å². The summed E-state index contributed by atoms with van der Waals surface area (Å²) in [6.07, 6.45) is 6.17. The Bertz CT molecular complexity index is 1110. The molecule has 8 heteroatoms. The van der Waals surface area contributed by atoms with E-state index in [0.29, 0.717) is 34.6 Å². The third-order valence-corrected chi connectivity index (χ3v) is 5.64. The molecule has 0 aliphatic heterocycles. The molecule has 1 aromatic heterocycles. The van der Waals surface area contributed by atoms with Crippen LogP contribution in [0.5, 0.6) is 0 Å². The van der Waals surface area contributed by atoms with E-state index in [1.807, 2.05) is 25.1 Å². The average Bonchev–Trinajstić information content (AvgIpc) is 2.78. The molecule has 1 heterocycles. The molecule has 7 nitrogen and oxygen atoms in total. The summed E-state index contributed by atoms with van der Waals surface area (Å²) in [7, 11) is 0. The van der Waals surface area contributed by atoms with Gasteiger partial charge in [0.25, 0.3) is 0 Å². The zero-order valence-corrected chi connectivity index (χ0v) is 18.9. The fourth-order valence-corrected chi connectivity index (χ4v) is 3.91. The number of aromatic nitrogens is 2. The topological polar surface area (TPSA) is 91.0 Å². The van der Waals surface area contributed by atoms with Gasteiger partial charge < -0.3 is 21.3 Å². The lowest BCUT2D eigenvalue weighted by Gasteiger charge is -2.23. The predicted molar refractivity (Wildman–Crippen MR) is 131 cm³/mol. The van der Waals surface area contributed by atoms with E-state index in [9.17, 15) is 9.18 Å². The molecule has 3 aromatic rings. The molecule has 0 spiro atoms. The van der Waals surface area contributed by atoms with E-state index in [1.165, 1.54) is 38.2 Å². The third-order valence-electron chi connectivity index (χ3n) is 5.64. The van der Waals surface area contributed by atoms with Crippen LogP contribution >= 0.6 is 0 Å². The van der Waals surface area contributed by atoms with Crippen molar-refractivity contribution in [1.82, 2.24) is 9.97 Å². The number of hydrogen-bond donors (Lipinski definition) is 4. The first-order chi connectivity index (χ1) is 15.9. The van der Waals surface area contributed by atoms with Crippen LogP contribution in [0.25, 0.3) is 0 Å². The van der Waals surface area contributed by atoms with Gasteiger partial charge in [-0.2, -0.15) is 0 Å². The maximum absolute atomic E-state index is 13.7. The molecule has 4 rings (SSSR count). The second-order valence-electron chi connectivity index (χ2n) is 8.41. The smallest absolute Gasteiger partial charge is 0.323 e. The number of urea groups is 1. The highest BCUT2D eigenvalue weighted by atomic mass is 19.1. The number of benzene rings is 2. The summed E-state index contributed by atoms with van der Waals surface area (Å²) in [5.41, 5.74) is 2.37. The van der Waals surface area contributed by atoms with Gasteiger partial charge in [0.05, 0.1) is 0 Å². The van der Waals surface area contributed by atoms with Crippen LogP contribution in [0.2, 0.25) is 0 Å². The van der Waals surface area contributed by atoms with Crippen LogP contribution in [-0.2, 0) is 0 Å².